The number of hydrazine groups is 1. The highest BCUT2D eigenvalue weighted by atomic mass is 16.6. The van der Waals surface area contributed by atoms with Crippen molar-refractivity contribution in [3.05, 3.63) is 27.9 Å². The van der Waals surface area contributed by atoms with E-state index in [1.54, 1.807) is 0 Å². The van der Waals surface area contributed by atoms with E-state index in [4.69, 9.17) is 5.84 Å². The maximum absolute atomic E-state index is 11.9. The zero-order valence-electron chi connectivity index (χ0n) is 10.7. The Labute approximate surface area is 110 Å². The molecule has 1 heterocycles. The smallest absolute Gasteiger partial charge is 0.358 e. The van der Waals surface area contributed by atoms with Crippen molar-refractivity contribution in [2.75, 3.05) is 12.0 Å². The monoisotopic (exact) mass is 267 g/mol. The van der Waals surface area contributed by atoms with Crippen molar-refractivity contribution in [2.45, 2.75) is 26.2 Å². The van der Waals surface area contributed by atoms with Crippen molar-refractivity contribution >= 4 is 17.4 Å². The molecule has 1 rings (SSSR count). The Balaban J connectivity index is 2.81. The molecular formula is C11H17N5O3. The van der Waals surface area contributed by atoms with Crippen LogP contribution in [0.5, 0.6) is 0 Å². The summed E-state index contributed by atoms with van der Waals surface area (Å²) in [5.41, 5.74) is 2.66. The number of carbonyl (C=O) groups excluding carboxylic acids is 1. The summed E-state index contributed by atoms with van der Waals surface area (Å²) in [7, 11) is 0. The standard InChI is InChI=1S/C11H17N5O3/c1-2-3-4-5-13-11(17)8-6-10(16(18)19)14-7-9(8)15-12/h6-7,15H,2-5,12H2,1H3,(H,13,17). The van der Waals surface area contributed by atoms with Gasteiger partial charge < -0.3 is 20.9 Å². The molecule has 0 unspecified atom stereocenters. The summed E-state index contributed by atoms with van der Waals surface area (Å²) >= 11 is 0. The molecule has 0 aromatic carbocycles. The Morgan fingerprint density at radius 3 is 2.84 bits per heavy atom. The minimum Gasteiger partial charge on any atom is -0.358 e. The zero-order valence-corrected chi connectivity index (χ0v) is 10.7. The van der Waals surface area contributed by atoms with E-state index in [1.807, 2.05) is 0 Å². The van der Waals surface area contributed by atoms with E-state index in [-0.39, 0.29) is 11.3 Å². The maximum Gasteiger partial charge on any atom is 0.364 e. The third kappa shape index (κ3) is 4.18. The van der Waals surface area contributed by atoms with Crippen LogP contribution in [0.15, 0.2) is 12.3 Å². The molecule has 104 valence electrons. The molecule has 8 nitrogen and oxygen atoms in total. The van der Waals surface area contributed by atoms with Gasteiger partial charge in [-0.05, 0) is 16.3 Å². The number of hydrogen-bond acceptors (Lipinski definition) is 6. The Hall–Kier alpha value is -2.22. The number of nitrogens with zero attached hydrogens (tertiary/aromatic N) is 2. The van der Waals surface area contributed by atoms with Gasteiger partial charge >= 0.3 is 5.82 Å². The van der Waals surface area contributed by atoms with Crippen molar-refractivity contribution in [3.8, 4) is 0 Å². The number of hydrogen-bond donors (Lipinski definition) is 3. The Kier molecular flexibility index (Phi) is 5.68. The third-order valence-electron chi connectivity index (χ3n) is 2.54. The van der Waals surface area contributed by atoms with Crippen molar-refractivity contribution in [3.63, 3.8) is 0 Å². The first kappa shape index (κ1) is 14.8. The van der Waals surface area contributed by atoms with Gasteiger partial charge in [0.1, 0.15) is 5.69 Å². The largest absolute Gasteiger partial charge is 0.364 e. The SMILES string of the molecule is CCCCCNC(=O)c1cc([N+](=O)[O-])ncc1NN. The van der Waals surface area contributed by atoms with Crippen molar-refractivity contribution in [1.29, 1.82) is 0 Å². The molecule has 0 aliphatic rings. The van der Waals surface area contributed by atoms with Gasteiger partial charge in [0, 0.05) is 6.54 Å². The lowest BCUT2D eigenvalue weighted by molar-refractivity contribution is -0.389. The van der Waals surface area contributed by atoms with Gasteiger partial charge in [0.25, 0.3) is 5.91 Å². The van der Waals surface area contributed by atoms with Crippen molar-refractivity contribution in [1.82, 2.24) is 10.3 Å². The van der Waals surface area contributed by atoms with Gasteiger partial charge in [-0.3, -0.25) is 10.6 Å². The molecule has 1 amide bonds. The van der Waals surface area contributed by atoms with E-state index in [9.17, 15) is 14.9 Å². The Morgan fingerprint density at radius 2 is 2.26 bits per heavy atom. The van der Waals surface area contributed by atoms with Crippen LogP contribution >= 0.6 is 0 Å². The summed E-state index contributed by atoms with van der Waals surface area (Å²) < 4.78 is 0. The van der Waals surface area contributed by atoms with Crippen LogP contribution in [0.4, 0.5) is 11.5 Å². The second-order valence-electron chi connectivity index (χ2n) is 3.95. The van der Waals surface area contributed by atoms with Gasteiger partial charge in [-0.15, -0.1) is 0 Å². The lowest BCUT2D eigenvalue weighted by Crippen LogP contribution is -2.26. The van der Waals surface area contributed by atoms with Crippen LogP contribution in [-0.2, 0) is 0 Å². The highest BCUT2D eigenvalue weighted by Crippen LogP contribution is 2.18. The number of nitrogens with two attached hydrogens (primary N) is 1. The van der Waals surface area contributed by atoms with E-state index in [0.717, 1.165) is 25.3 Å². The summed E-state index contributed by atoms with van der Waals surface area (Å²) in [6.07, 6.45) is 4.09. The van der Waals surface area contributed by atoms with Crippen LogP contribution in [0.25, 0.3) is 0 Å². The number of carbonyl (C=O) groups is 1. The Morgan fingerprint density at radius 1 is 1.53 bits per heavy atom. The van der Waals surface area contributed by atoms with E-state index in [0.29, 0.717) is 6.54 Å². The first-order chi connectivity index (χ1) is 9.10. The number of nitrogen functional groups attached to an aromatic ring is 1. The Bertz CT molecular complexity index is 464. The van der Waals surface area contributed by atoms with Crippen LogP contribution < -0.4 is 16.6 Å². The molecule has 0 aliphatic carbocycles. The van der Waals surface area contributed by atoms with Gasteiger partial charge in [0.2, 0.25) is 0 Å². The molecule has 1 aromatic heterocycles. The number of anilines is 1. The fourth-order valence-electron chi connectivity index (χ4n) is 1.52. The lowest BCUT2D eigenvalue weighted by atomic mass is 10.2. The lowest BCUT2D eigenvalue weighted by Gasteiger charge is -2.08. The van der Waals surface area contributed by atoms with E-state index >= 15 is 0 Å². The average molecular weight is 267 g/mol. The normalized spacial score (nSPS) is 10.0. The fraction of sp³-hybridized carbons (Fsp3) is 0.455. The minimum absolute atomic E-state index is 0.112. The molecule has 0 fully saturated rings. The molecule has 0 saturated carbocycles. The zero-order chi connectivity index (χ0) is 14.3. The number of nitrogens with one attached hydrogen (secondary N) is 2. The predicted octanol–water partition coefficient (Wildman–Crippen LogP) is 1.20. The maximum atomic E-state index is 11.9. The number of pyridine rings is 1. The highest BCUT2D eigenvalue weighted by molar-refractivity contribution is 5.99. The van der Waals surface area contributed by atoms with Crippen molar-refractivity contribution < 1.29 is 9.72 Å². The molecule has 8 heteroatoms. The quantitative estimate of drug-likeness (QED) is 0.295. The summed E-state index contributed by atoms with van der Waals surface area (Å²) in [4.78, 5) is 25.5. The van der Waals surface area contributed by atoms with Crippen LogP contribution in [0.3, 0.4) is 0 Å². The number of amides is 1. The van der Waals surface area contributed by atoms with E-state index in [2.05, 4.69) is 22.7 Å². The second-order valence-corrected chi connectivity index (χ2v) is 3.95. The number of aromatic nitrogens is 1. The molecule has 4 N–H and O–H groups in total. The van der Waals surface area contributed by atoms with Gasteiger partial charge in [0.15, 0.2) is 6.20 Å². The molecule has 0 atom stereocenters. The molecule has 0 aliphatic heterocycles. The summed E-state index contributed by atoms with van der Waals surface area (Å²) in [5, 5.41) is 13.3. The van der Waals surface area contributed by atoms with Gasteiger partial charge in [-0.25, -0.2) is 0 Å². The molecule has 0 saturated heterocycles. The summed E-state index contributed by atoms with van der Waals surface area (Å²) in [6, 6.07) is 1.10. The van der Waals surface area contributed by atoms with Crippen LogP contribution in [-0.4, -0.2) is 22.4 Å². The topological polar surface area (TPSA) is 123 Å². The minimum atomic E-state index is -0.659. The first-order valence-electron chi connectivity index (χ1n) is 5.99. The van der Waals surface area contributed by atoms with Crippen molar-refractivity contribution in [2.24, 2.45) is 5.84 Å². The predicted molar refractivity (Wildman–Crippen MR) is 70.6 cm³/mol. The molecule has 19 heavy (non-hydrogen) atoms. The molecule has 1 aromatic rings. The number of unbranched alkanes of at least 4 members (excludes halogenated alkanes) is 2. The number of rotatable bonds is 7. The van der Waals surface area contributed by atoms with Crippen LogP contribution in [0, 0.1) is 10.1 Å². The highest BCUT2D eigenvalue weighted by Gasteiger charge is 2.17. The molecule has 0 radical (unpaired) electrons. The van der Waals surface area contributed by atoms with Gasteiger partial charge in [0.05, 0.1) is 11.6 Å². The first-order valence-corrected chi connectivity index (χ1v) is 5.99. The van der Waals surface area contributed by atoms with Crippen LogP contribution in [0.2, 0.25) is 0 Å². The van der Waals surface area contributed by atoms with E-state index < -0.39 is 16.6 Å². The molecular weight excluding hydrogens is 250 g/mol. The van der Waals surface area contributed by atoms with Gasteiger partial charge in [-0.2, -0.15) is 0 Å². The summed E-state index contributed by atoms with van der Waals surface area (Å²) in [6.45, 7) is 2.58. The molecule has 0 bridgehead atoms. The third-order valence-corrected chi connectivity index (χ3v) is 2.54. The fourth-order valence-corrected chi connectivity index (χ4v) is 1.52. The van der Waals surface area contributed by atoms with Crippen LogP contribution in [0.1, 0.15) is 36.5 Å². The average Bonchev–Trinajstić information content (AvgIpc) is 2.42. The molecule has 0 spiro atoms. The summed E-state index contributed by atoms with van der Waals surface area (Å²) in [5.74, 6) is 4.45. The van der Waals surface area contributed by atoms with E-state index in [1.165, 1.54) is 6.20 Å². The van der Waals surface area contributed by atoms with Gasteiger partial charge in [-0.1, -0.05) is 19.8 Å². The second kappa shape index (κ2) is 7.27. The number of nitro groups is 1.